The fourth-order valence-electron chi connectivity index (χ4n) is 1.17. The molecule has 3 nitrogen and oxygen atoms in total. The second kappa shape index (κ2) is 4.64. The lowest BCUT2D eigenvalue weighted by Crippen LogP contribution is -2.23. The normalized spacial score (nSPS) is 14.9. The van der Waals surface area contributed by atoms with Crippen molar-refractivity contribution in [1.82, 2.24) is 0 Å². The Morgan fingerprint density at radius 2 is 2.07 bits per heavy atom. The molecule has 1 aromatic rings. The first-order chi connectivity index (χ1) is 6.54. The zero-order valence-corrected chi connectivity index (χ0v) is 8.95. The quantitative estimate of drug-likeness (QED) is 0.808. The summed E-state index contributed by atoms with van der Waals surface area (Å²) in [6.45, 7) is 1.64. The first kappa shape index (κ1) is 11.3. The van der Waals surface area contributed by atoms with Gasteiger partial charge in [-0.3, -0.25) is 0 Å². The van der Waals surface area contributed by atoms with Gasteiger partial charge in [-0.25, -0.2) is 0 Å². The van der Waals surface area contributed by atoms with Crippen molar-refractivity contribution in [3.05, 3.63) is 28.8 Å². The van der Waals surface area contributed by atoms with E-state index < -0.39 is 12.1 Å². The number of rotatable bonds is 3. The minimum Gasteiger partial charge on any atom is -0.497 e. The van der Waals surface area contributed by atoms with Crippen molar-refractivity contribution in [2.75, 3.05) is 7.11 Å². The third-order valence-electron chi connectivity index (χ3n) is 2.03. The summed E-state index contributed by atoms with van der Waals surface area (Å²) < 4.78 is 5.04. The van der Waals surface area contributed by atoms with Gasteiger partial charge in [0.05, 0.1) is 19.3 Å². The molecular weight excluding hydrogens is 202 g/mol. The molecule has 0 aliphatic heterocycles. The second-order valence-corrected chi connectivity index (χ2v) is 3.63. The number of ether oxygens (including phenoxy) is 1. The molecule has 2 atom stereocenters. The minimum absolute atomic E-state index is 0.442. The monoisotopic (exact) mass is 215 g/mol. The smallest absolute Gasteiger partial charge is 0.120 e. The minimum atomic E-state index is -0.613. The van der Waals surface area contributed by atoms with Crippen molar-refractivity contribution < 1.29 is 9.84 Å². The Morgan fingerprint density at radius 1 is 1.43 bits per heavy atom. The standard InChI is InChI=1S/C10H14ClNO2/c1-6(13)10(12)7-3-8(11)5-9(4-7)14-2/h3-6,10,13H,12H2,1-2H3/t6-,10+/m1/s1. The van der Waals surface area contributed by atoms with Gasteiger partial charge in [0.25, 0.3) is 0 Å². The van der Waals surface area contributed by atoms with Gasteiger partial charge in [0.2, 0.25) is 0 Å². The fraction of sp³-hybridized carbons (Fsp3) is 0.400. The van der Waals surface area contributed by atoms with E-state index in [0.29, 0.717) is 10.8 Å². The lowest BCUT2D eigenvalue weighted by atomic mass is 10.0. The molecule has 78 valence electrons. The average molecular weight is 216 g/mol. The molecule has 0 saturated carbocycles. The second-order valence-electron chi connectivity index (χ2n) is 3.19. The lowest BCUT2D eigenvalue weighted by Gasteiger charge is -2.16. The molecule has 0 aliphatic carbocycles. The summed E-state index contributed by atoms with van der Waals surface area (Å²) in [7, 11) is 1.56. The van der Waals surface area contributed by atoms with Crippen LogP contribution in [0.15, 0.2) is 18.2 Å². The highest BCUT2D eigenvalue weighted by Gasteiger charge is 2.13. The number of methoxy groups -OCH3 is 1. The molecule has 0 bridgehead atoms. The van der Waals surface area contributed by atoms with Crippen molar-refractivity contribution in [3.8, 4) is 5.75 Å². The van der Waals surface area contributed by atoms with Gasteiger partial charge in [-0.2, -0.15) is 0 Å². The molecule has 14 heavy (non-hydrogen) atoms. The molecule has 0 heterocycles. The first-order valence-corrected chi connectivity index (χ1v) is 4.70. The lowest BCUT2D eigenvalue weighted by molar-refractivity contribution is 0.164. The molecule has 0 amide bonds. The summed E-state index contributed by atoms with van der Waals surface area (Å²) in [5, 5.41) is 9.87. The number of nitrogens with two attached hydrogens (primary N) is 1. The molecule has 4 heteroatoms. The van der Waals surface area contributed by atoms with E-state index in [2.05, 4.69) is 0 Å². The van der Waals surface area contributed by atoms with Crippen LogP contribution >= 0.6 is 11.6 Å². The Balaban J connectivity index is 3.02. The van der Waals surface area contributed by atoms with Crippen LogP contribution in [0.2, 0.25) is 5.02 Å². The number of halogens is 1. The molecule has 0 aliphatic rings. The molecule has 0 aromatic heterocycles. The van der Waals surface area contributed by atoms with E-state index in [1.807, 2.05) is 0 Å². The first-order valence-electron chi connectivity index (χ1n) is 4.32. The van der Waals surface area contributed by atoms with Crippen molar-refractivity contribution >= 4 is 11.6 Å². The fourth-order valence-corrected chi connectivity index (χ4v) is 1.41. The summed E-state index contributed by atoms with van der Waals surface area (Å²) >= 11 is 5.86. The van der Waals surface area contributed by atoms with Crippen molar-refractivity contribution in [1.29, 1.82) is 0 Å². The molecule has 1 rings (SSSR count). The number of benzene rings is 1. The van der Waals surface area contributed by atoms with Crippen LogP contribution in [-0.4, -0.2) is 18.3 Å². The van der Waals surface area contributed by atoms with Crippen LogP contribution in [0.1, 0.15) is 18.5 Å². The van der Waals surface area contributed by atoms with Crippen molar-refractivity contribution in [2.45, 2.75) is 19.1 Å². The van der Waals surface area contributed by atoms with Crippen molar-refractivity contribution in [3.63, 3.8) is 0 Å². The van der Waals surface area contributed by atoms with Gasteiger partial charge in [-0.15, -0.1) is 0 Å². The van der Waals surface area contributed by atoms with Crippen LogP contribution in [-0.2, 0) is 0 Å². The summed E-state index contributed by atoms with van der Waals surface area (Å²) in [6, 6.07) is 4.74. The predicted octanol–water partition coefficient (Wildman–Crippen LogP) is 1.73. The van der Waals surface area contributed by atoms with Gasteiger partial charge in [-0.1, -0.05) is 11.6 Å². The molecule has 1 aromatic carbocycles. The van der Waals surface area contributed by atoms with E-state index in [1.165, 1.54) is 0 Å². The van der Waals surface area contributed by atoms with Crippen molar-refractivity contribution in [2.24, 2.45) is 5.73 Å². The number of aliphatic hydroxyl groups is 1. The highest BCUT2D eigenvalue weighted by atomic mass is 35.5. The summed E-state index contributed by atoms with van der Waals surface area (Å²) in [4.78, 5) is 0. The van der Waals surface area contributed by atoms with E-state index in [4.69, 9.17) is 22.1 Å². The maximum Gasteiger partial charge on any atom is 0.120 e. The Morgan fingerprint density at radius 3 is 2.57 bits per heavy atom. The van der Waals surface area contributed by atoms with E-state index in [0.717, 1.165) is 5.56 Å². The van der Waals surface area contributed by atoms with Gasteiger partial charge in [0, 0.05) is 5.02 Å². The topological polar surface area (TPSA) is 55.5 Å². The Bertz CT molecular complexity index is 315. The molecular formula is C10H14ClNO2. The Hall–Kier alpha value is -0.770. The summed E-state index contributed by atoms with van der Waals surface area (Å²) in [5.41, 5.74) is 6.53. The maximum atomic E-state index is 9.32. The number of aliphatic hydroxyl groups excluding tert-OH is 1. The van der Waals surface area contributed by atoms with Crippen LogP contribution in [0.4, 0.5) is 0 Å². The molecule has 3 N–H and O–H groups in total. The van der Waals surface area contributed by atoms with E-state index >= 15 is 0 Å². The van der Waals surface area contributed by atoms with Crippen LogP contribution in [0.3, 0.4) is 0 Å². The molecule has 0 spiro atoms. The third-order valence-corrected chi connectivity index (χ3v) is 2.25. The van der Waals surface area contributed by atoms with Crippen LogP contribution in [0.5, 0.6) is 5.75 Å². The zero-order valence-electron chi connectivity index (χ0n) is 8.20. The highest BCUT2D eigenvalue weighted by molar-refractivity contribution is 6.30. The SMILES string of the molecule is COc1cc(Cl)cc([C@@H](N)[C@@H](C)O)c1. The molecule has 0 fully saturated rings. The van der Waals surface area contributed by atoms with Gasteiger partial charge in [-0.05, 0) is 30.7 Å². The largest absolute Gasteiger partial charge is 0.497 e. The van der Waals surface area contributed by atoms with Crippen LogP contribution in [0.25, 0.3) is 0 Å². The van der Waals surface area contributed by atoms with E-state index in [1.54, 1.807) is 32.2 Å². The summed E-state index contributed by atoms with van der Waals surface area (Å²) in [6.07, 6.45) is -0.613. The van der Waals surface area contributed by atoms with Crippen LogP contribution in [0, 0.1) is 0 Å². The highest BCUT2D eigenvalue weighted by Crippen LogP contribution is 2.25. The van der Waals surface area contributed by atoms with Crippen LogP contribution < -0.4 is 10.5 Å². The van der Waals surface area contributed by atoms with E-state index in [-0.39, 0.29) is 0 Å². The Kier molecular flexibility index (Phi) is 3.75. The number of hydrogen-bond acceptors (Lipinski definition) is 3. The predicted molar refractivity (Wildman–Crippen MR) is 56.6 cm³/mol. The molecule has 0 unspecified atom stereocenters. The summed E-state index contributed by atoms with van der Waals surface area (Å²) in [5.74, 6) is 0.642. The van der Waals surface area contributed by atoms with Gasteiger partial charge >= 0.3 is 0 Å². The molecule has 0 saturated heterocycles. The third kappa shape index (κ3) is 2.61. The van der Waals surface area contributed by atoms with E-state index in [9.17, 15) is 5.11 Å². The maximum absolute atomic E-state index is 9.32. The molecule has 0 radical (unpaired) electrons. The van der Waals surface area contributed by atoms with Gasteiger partial charge in [0.15, 0.2) is 0 Å². The zero-order chi connectivity index (χ0) is 10.7. The average Bonchev–Trinajstić information content (AvgIpc) is 2.15. The van der Waals surface area contributed by atoms with Gasteiger partial charge in [0.1, 0.15) is 5.75 Å². The Labute approximate surface area is 88.4 Å². The number of hydrogen-bond donors (Lipinski definition) is 2. The van der Waals surface area contributed by atoms with Gasteiger partial charge < -0.3 is 15.6 Å².